The molecule has 3 rings (SSSR count). The Bertz CT molecular complexity index is 1120. The van der Waals surface area contributed by atoms with Crippen molar-refractivity contribution in [2.24, 2.45) is 21.7 Å². The first-order valence-electron chi connectivity index (χ1n) is 12.9. The number of nitrogens with one attached hydrogen (secondary N) is 2. The second-order valence-corrected chi connectivity index (χ2v) is 11.1. The fraction of sp³-hybridized carbons (Fsp3) is 0.607. The molecular weight excluding hydrogens is 500 g/mol. The topological polar surface area (TPSA) is 73.8 Å². The van der Waals surface area contributed by atoms with Gasteiger partial charge >= 0.3 is 6.18 Å². The number of halogens is 4. The zero-order chi connectivity index (χ0) is 28.5. The van der Waals surface area contributed by atoms with E-state index in [0.717, 1.165) is 5.71 Å². The van der Waals surface area contributed by atoms with Gasteiger partial charge in [0.25, 0.3) is 5.91 Å². The normalized spacial score (nSPS) is 22.0. The van der Waals surface area contributed by atoms with Gasteiger partial charge in [-0.3, -0.25) is 14.6 Å². The SMILES string of the molecule is CNC(=O)c1ccc(C[C@@H](CNC(=O)C[C@@H](C2(C)C=CC(C)=NC2)C2(C(F)(F)F)CC2)N(C)C)c(C)c1F. The molecule has 1 aromatic rings. The molecule has 38 heavy (non-hydrogen) atoms. The molecule has 1 aliphatic carbocycles. The molecule has 2 aliphatic rings. The Morgan fingerprint density at radius 2 is 1.84 bits per heavy atom. The highest BCUT2D eigenvalue weighted by atomic mass is 19.4. The Kier molecular flexibility index (Phi) is 8.75. The predicted octanol–water partition coefficient (Wildman–Crippen LogP) is 4.47. The summed E-state index contributed by atoms with van der Waals surface area (Å²) >= 11 is 0. The number of alkyl halides is 3. The van der Waals surface area contributed by atoms with Crippen molar-refractivity contribution in [1.29, 1.82) is 0 Å². The second kappa shape index (κ2) is 11.2. The molecule has 0 bridgehead atoms. The van der Waals surface area contributed by atoms with Crippen LogP contribution in [0.2, 0.25) is 0 Å². The molecule has 1 aromatic carbocycles. The summed E-state index contributed by atoms with van der Waals surface area (Å²) in [4.78, 5) is 31.3. The first-order valence-corrected chi connectivity index (χ1v) is 12.9. The van der Waals surface area contributed by atoms with Crippen LogP contribution in [-0.2, 0) is 11.2 Å². The van der Waals surface area contributed by atoms with Crippen LogP contribution in [0.5, 0.6) is 0 Å². The van der Waals surface area contributed by atoms with Gasteiger partial charge in [0.05, 0.1) is 11.0 Å². The number of carbonyl (C=O) groups is 2. The molecule has 1 saturated carbocycles. The van der Waals surface area contributed by atoms with Gasteiger partial charge in [0.15, 0.2) is 0 Å². The molecule has 0 radical (unpaired) electrons. The van der Waals surface area contributed by atoms with Gasteiger partial charge in [0, 0.05) is 43.7 Å². The van der Waals surface area contributed by atoms with Gasteiger partial charge in [-0.15, -0.1) is 0 Å². The number of allylic oxidation sites excluding steroid dienone is 1. The fourth-order valence-corrected chi connectivity index (χ4v) is 5.40. The van der Waals surface area contributed by atoms with Crippen LogP contribution in [0.15, 0.2) is 29.3 Å². The predicted molar refractivity (Wildman–Crippen MR) is 140 cm³/mol. The molecule has 2 N–H and O–H groups in total. The molecule has 1 heterocycles. The van der Waals surface area contributed by atoms with Gasteiger partial charge in [-0.05, 0) is 76.4 Å². The first-order chi connectivity index (χ1) is 17.6. The first kappa shape index (κ1) is 29.8. The minimum absolute atomic E-state index is 0.0117. The number of dihydropyridines is 1. The number of carbonyl (C=O) groups excluding carboxylic acids is 2. The smallest absolute Gasteiger partial charge is 0.355 e. The lowest BCUT2D eigenvalue weighted by molar-refractivity contribution is -0.212. The van der Waals surface area contributed by atoms with Crippen molar-refractivity contribution in [1.82, 2.24) is 15.5 Å². The highest BCUT2D eigenvalue weighted by Gasteiger charge is 2.69. The maximum absolute atomic E-state index is 14.8. The second-order valence-electron chi connectivity index (χ2n) is 11.1. The molecule has 0 saturated heterocycles. The minimum Gasteiger partial charge on any atom is -0.355 e. The summed E-state index contributed by atoms with van der Waals surface area (Å²) in [6.45, 7) is 5.55. The van der Waals surface area contributed by atoms with Crippen LogP contribution in [0.25, 0.3) is 0 Å². The van der Waals surface area contributed by atoms with Crippen molar-refractivity contribution in [2.45, 2.75) is 58.7 Å². The largest absolute Gasteiger partial charge is 0.394 e. The maximum atomic E-state index is 14.8. The molecule has 210 valence electrons. The van der Waals surface area contributed by atoms with Gasteiger partial charge in [0.1, 0.15) is 5.82 Å². The van der Waals surface area contributed by atoms with Crippen LogP contribution in [-0.4, -0.2) is 68.9 Å². The molecule has 1 fully saturated rings. The lowest BCUT2D eigenvalue weighted by Gasteiger charge is -2.41. The van der Waals surface area contributed by atoms with Gasteiger partial charge in [-0.25, -0.2) is 4.39 Å². The number of benzene rings is 1. The Morgan fingerprint density at radius 1 is 1.18 bits per heavy atom. The highest BCUT2D eigenvalue weighted by Crippen LogP contribution is 2.67. The molecule has 2 amide bonds. The summed E-state index contributed by atoms with van der Waals surface area (Å²) in [6.07, 6.45) is -0.742. The number of nitrogens with zero attached hydrogens (tertiary/aromatic N) is 2. The molecule has 10 heteroatoms. The van der Waals surface area contributed by atoms with Gasteiger partial charge < -0.3 is 15.5 Å². The Balaban J connectivity index is 1.74. The van der Waals surface area contributed by atoms with E-state index in [0.29, 0.717) is 17.5 Å². The third-order valence-corrected chi connectivity index (χ3v) is 8.27. The van der Waals surface area contributed by atoms with Gasteiger partial charge in [-0.1, -0.05) is 19.1 Å². The number of likely N-dealkylation sites (N-methyl/N-ethyl adjacent to an activating group) is 1. The summed E-state index contributed by atoms with van der Waals surface area (Å²) in [7, 11) is 5.07. The van der Waals surface area contributed by atoms with Crippen molar-refractivity contribution >= 4 is 17.5 Å². The van der Waals surface area contributed by atoms with E-state index in [9.17, 15) is 27.2 Å². The molecule has 0 spiro atoms. The standard InChI is InChI=1S/C28H38F4N4O2/c1-17-9-10-26(3,16-35-17)22(27(11-12-27)28(30,31)32)14-23(37)34-15-20(36(5)6)13-19-7-8-21(25(38)33-4)24(29)18(19)2/h7-10,20,22H,11-16H2,1-6H3,(H,33,38)(H,34,37)/t20-,22-,26?/m0/s1. The van der Waals surface area contributed by atoms with E-state index < -0.39 is 40.6 Å². The summed E-state index contributed by atoms with van der Waals surface area (Å²) in [5.74, 6) is -2.50. The zero-order valence-corrected chi connectivity index (χ0v) is 22.9. The number of aliphatic imine (C=N–C) groups is 1. The molecule has 1 aliphatic heterocycles. The van der Waals surface area contributed by atoms with Crippen LogP contribution >= 0.6 is 0 Å². The Labute approximate surface area is 221 Å². The van der Waals surface area contributed by atoms with Crippen molar-refractivity contribution in [3.63, 3.8) is 0 Å². The van der Waals surface area contributed by atoms with E-state index in [-0.39, 0.29) is 44.0 Å². The molecule has 6 nitrogen and oxygen atoms in total. The fourth-order valence-electron chi connectivity index (χ4n) is 5.40. The van der Waals surface area contributed by atoms with E-state index in [1.54, 1.807) is 39.0 Å². The van der Waals surface area contributed by atoms with E-state index >= 15 is 0 Å². The summed E-state index contributed by atoms with van der Waals surface area (Å²) in [5.41, 5.74) is -1.03. The summed E-state index contributed by atoms with van der Waals surface area (Å²) in [6, 6.07) is 2.88. The van der Waals surface area contributed by atoms with E-state index in [1.165, 1.54) is 13.1 Å². The lowest BCUT2D eigenvalue weighted by atomic mass is 9.65. The number of hydrogen-bond acceptors (Lipinski definition) is 4. The van der Waals surface area contributed by atoms with Crippen molar-refractivity contribution < 1.29 is 27.2 Å². The van der Waals surface area contributed by atoms with Crippen molar-refractivity contribution in [3.8, 4) is 0 Å². The zero-order valence-electron chi connectivity index (χ0n) is 22.9. The average Bonchev–Trinajstić information content (AvgIpc) is 3.66. The van der Waals surface area contributed by atoms with Gasteiger partial charge in [0.2, 0.25) is 5.91 Å². The number of hydrogen-bond donors (Lipinski definition) is 2. The molecular formula is C28H38F4N4O2. The minimum atomic E-state index is -4.40. The average molecular weight is 539 g/mol. The van der Waals surface area contributed by atoms with E-state index in [1.807, 2.05) is 19.0 Å². The van der Waals surface area contributed by atoms with Crippen LogP contribution < -0.4 is 10.6 Å². The molecule has 1 unspecified atom stereocenters. The quantitative estimate of drug-likeness (QED) is 0.432. The monoisotopic (exact) mass is 538 g/mol. The van der Waals surface area contributed by atoms with Crippen molar-refractivity contribution in [2.75, 3.05) is 34.2 Å². The lowest BCUT2D eigenvalue weighted by Crippen LogP contribution is -2.47. The number of amides is 2. The third kappa shape index (κ3) is 6.11. The van der Waals surface area contributed by atoms with Gasteiger partial charge in [-0.2, -0.15) is 13.2 Å². The third-order valence-electron chi connectivity index (χ3n) is 8.27. The molecule has 0 aromatic heterocycles. The van der Waals surface area contributed by atoms with E-state index in [4.69, 9.17) is 0 Å². The Morgan fingerprint density at radius 3 is 2.34 bits per heavy atom. The highest BCUT2D eigenvalue weighted by molar-refractivity contribution is 5.94. The maximum Gasteiger partial charge on any atom is 0.394 e. The van der Waals surface area contributed by atoms with Crippen LogP contribution in [0.4, 0.5) is 17.6 Å². The van der Waals surface area contributed by atoms with E-state index in [2.05, 4.69) is 15.6 Å². The number of rotatable bonds is 10. The summed E-state index contributed by atoms with van der Waals surface area (Å²) in [5, 5.41) is 5.25. The summed E-state index contributed by atoms with van der Waals surface area (Å²) < 4.78 is 57.3. The van der Waals surface area contributed by atoms with Crippen LogP contribution in [0.3, 0.4) is 0 Å². The van der Waals surface area contributed by atoms with Crippen LogP contribution in [0.1, 0.15) is 54.6 Å². The van der Waals surface area contributed by atoms with Crippen LogP contribution in [0, 0.1) is 29.5 Å². The van der Waals surface area contributed by atoms with Crippen molar-refractivity contribution in [3.05, 3.63) is 46.8 Å². The Hall–Kier alpha value is -2.75. The molecule has 3 atom stereocenters.